The first-order chi connectivity index (χ1) is 15.8. The van der Waals surface area contributed by atoms with Gasteiger partial charge in [0.2, 0.25) is 17.7 Å². The third-order valence-corrected chi connectivity index (χ3v) is 7.60. The highest BCUT2D eigenvalue weighted by molar-refractivity contribution is 6.26. The molecule has 33 heavy (non-hydrogen) atoms. The highest BCUT2D eigenvalue weighted by atomic mass is 19.1. The van der Waals surface area contributed by atoms with Crippen molar-refractivity contribution in [1.29, 1.82) is 0 Å². The molecule has 4 aliphatic heterocycles. The number of imide groups is 1. The summed E-state index contributed by atoms with van der Waals surface area (Å²) in [5.41, 5.74) is -0.382. The lowest BCUT2D eigenvalue weighted by Gasteiger charge is -2.36. The van der Waals surface area contributed by atoms with Crippen LogP contribution in [0.3, 0.4) is 0 Å². The number of nitro groups is 1. The van der Waals surface area contributed by atoms with Gasteiger partial charge in [0.25, 0.3) is 5.69 Å². The Morgan fingerprint density at radius 1 is 1.15 bits per heavy atom. The second-order valence-corrected chi connectivity index (χ2v) is 9.06. The third kappa shape index (κ3) is 2.31. The lowest BCUT2D eigenvalue weighted by molar-refractivity contribution is -0.385. The lowest BCUT2D eigenvalue weighted by Crippen LogP contribution is -2.54. The molecule has 9 nitrogen and oxygen atoms in total. The lowest BCUT2D eigenvalue weighted by atomic mass is 9.75. The van der Waals surface area contributed by atoms with Crippen LogP contribution in [0.2, 0.25) is 0 Å². The van der Waals surface area contributed by atoms with Gasteiger partial charge in [-0.1, -0.05) is 6.07 Å². The normalized spacial score (nSPS) is 30.1. The van der Waals surface area contributed by atoms with Gasteiger partial charge in [0.15, 0.2) is 0 Å². The van der Waals surface area contributed by atoms with Crippen molar-refractivity contribution in [3.8, 4) is 0 Å². The third-order valence-electron chi connectivity index (χ3n) is 7.60. The van der Waals surface area contributed by atoms with E-state index in [9.17, 15) is 28.9 Å². The number of amides is 3. The summed E-state index contributed by atoms with van der Waals surface area (Å²) in [5, 5.41) is 14.2. The number of nitrogens with zero attached hydrogens (tertiary/aromatic N) is 3. The summed E-state index contributed by atoms with van der Waals surface area (Å²) >= 11 is 0. The zero-order valence-electron chi connectivity index (χ0n) is 17.6. The Kier molecular flexibility index (Phi) is 3.90. The van der Waals surface area contributed by atoms with E-state index in [4.69, 9.17) is 0 Å². The Labute approximate surface area is 187 Å². The fourth-order valence-corrected chi connectivity index (χ4v) is 6.36. The molecule has 3 fully saturated rings. The van der Waals surface area contributed by atoms with E-state index in [-0.39, 0.29) is 17.4 Å². The quantitative estimate of drug-likeness (QED) is 0.427. The Balaban J connectivity index is 1.54. The highest BCUT2D eigenvalue weighted by Gasteiger charge is 2.74. The van der Waals surface area contributed by atoms with Crippen molar-refractivity contribution < 1.29 is 23.7 Å². The number of nitro benzene ring substituents is 1. The molecule has 6 rings (SSSR count). The first-order valence-electron chi connectivity index (χ1n) is 10.8. The minimum Gasteiger partial charge on any atom is -0.324 e. The van der Waals surface area contributed by atoms with Crippen molar-refractivity contribution in [2.24, 2.45) is 11.8 Å². The van der Waals surface area contributed by atoms with E-state index in [0.717, 1.165) is 11.3 Å². The number of fused-ring (bicyclic) bond motifs is 7. The zero-order chi connectivity index (χ0) is 23.2. The number of carbonyl (C=O) groups excluding carboxylic acids is 3. The summed E-state index contributed by atoms with van der Waals surface area (Å²) in [6.45, 7) is 2.08. The predicted molar refractivity (Wildman–Crippen MR) is 114 cm³/mol. The van der Waals surface area contributed by atoms with E-state index >= 15 is 0 Å². The van der Waals surface area contributed by atoms with Crippen LogP contribution in [-0.2, 0) is 19.9 Å². The summed E-state index contributed by atoms with van der Waals surface area (Å²) in [6.07, 6.45) is 1.37. The maximum atomic E-state index is 14.3. The summed E-state index contributed by atoms with van der Waals surface area (Å²) in [6, 6.07) is 7.84. The molecule has 0 aliphatic carbocycles. The smallest absolute Gasteiger partial charge is 0.274 e. The molecule has 4 heterocycles. The second kappa shape index (κ2) is 6.44. The van der Waals surface area contributed by atoms with E-state index < -0.39 is 45.8 Å². The van der Waals surface area contributed by atoms with E-state index in [1.165, 1.54) is 36.4 Å². The molecule has 3 saturated heterocycles. The fourth-order valence-electron chi connectivity index (χ4n) is 6.36. The van der Waals surface area contributed by atoms with E-state index in [1.807, 2.05) is 4.90 Å². The van der Waals surface area contributed by atoms with Crippen molar-refractivity contribution in [3.63, 3.8) is 0 Å². The van der Waals surface area contributed by atoms with E-state index in [0.29, 0.717) is 29.8 Å². The van der Waals surface area contributed by atoms with Crippen molar-refractivity contribution in [2.45, 2.75) is 31.3 Å². The second-order valence-electron chi connectivity index (χ2n) is 9.06. The van der Waals surface area contributed by atoms with Crippen LogP contribution in [0, 0.1) is 34.7 Å². The first-order valence-corrected chi connectivity index (χ1v) is 10.8. The van der Waals surface area contributed by atoms with Crippen molar-refractivity contribution in [1.82, 2.24) is 4.90 Å². The molecule has 1 N–H and O–H groups in total. The number of halogens is 1. The average Bonchev–Trinajstić information content (AvgIpc) is 3.47. The summed E-state index contributed by atoms with van der Waals surface area (Å²) in [5.74, 6) is -3.88. The van der Waals surface area contributed by atoms with Crippen LogP contribution in [0.25, 0.3) is 0 Å². The topological polar surface area (TPSA) is 113 Å². The molecule has 1 spiro atoms. The number of rotatable bonds is 2. The van der Waals surface area contributed by atoms with Gasteiger partial charge < -0.3 is 5.32 Å². The molecule has 0 saturated carbocycles. The number of aryl methyl sites for hydroxylation is 1. The van der Waals surface area contributed by atoms with E-state index in [2.05, 4.69) is 5.32 Å². The van der Waals surface area contributed by atoms with Crippen molar-refractivity contribution in [3.05, 3.63) is 63.5 Å². The fraction of sp³-hybridized carbons (Fsp3) is 0.348. The maximum Gasteiger partial charge on any atom is 0.274 e. The Hall–Kier alpha value is -3.66. The number of benzene rings is 2. The summed E-state index contributed by atoms with van der Waals surface area (Å²) in [7, 11) is 0. The standard InChI is InChI=1S/C23H19FN4O5/c1-11-4-6-13(10-17(11)28(32)33)27-20(29)18-16-3-2-8-26(16)23(19(18)21(27)30)14-9-12(24)5-7-15(14)25-22(23)31/h4-7,9-10,16,18-19H,2-3,8H2,1H3,(H,25,31)/t16-,18+,19+,23-/m0/s1. The number of anilines is 2. The molecule has 0 unspecified atom stereocenters. The van der Waals surface area contributed by atoms with Crippen LogP contribution >= 0.6 is 0 Å². The van der Waals surface area contributed by atoms with E-state index in [1.54, 1.807) is 6.92 Å². The SMILES string of the molecule is Cc1ccc(N2C(=O)[C@@H]3[C@@H]4CCCN4[C@]4(C(=O)Nc5ccc(F)cc54)[C@H]3C2=O)cc1[N+](=O)[O-]. The molecular formula is C23H19FN4O5. The largest absolute Gasteiger partial charge is 0.324 e. The van der Waals surface area contributed by atoms with Gasteiger partial charge in [0.05, 0.1) is 22.4 Å². The Morgan fingerprint density at radius 2 is 1.94 bits per heavy atom. The molecule has 4 atom stereocenters. The molecule has 10 heteroatoms. The Morgan fingerprint density at radius 3 is 2.70 bits per heavy atom. The molecule has 0 bridgehead atoms. The number of carbonyl (C=O) groups is 3. The first kappa shape index (κ1) is 20.0. The van der Waals surface area contributed by atoms with Crippen LogP contribution in [0.4, 0.5) is 21.5 Å². The van der Waals surface area contributed by atoms with Gasteiger partial charge in [0, 0.05) is 28.9 Å². The maximum absolute atomic E-state index is 14.3. The molecular weight excluding hydrogens is 431 g/mol. The van der Waals surface area contributed by atoms with Crippen LogP contribution in [0.15, 0.2) is 36.4 Å². The highest BCUT2D eigenvalue weighted by Crippen LogP contribution is 2.60. The van der Waals surface area contributed by atoms with Crippen LogP contribution in [-0.4, -0.2) is 40.1 Å². The van der Waals surface area contributed by atoms with Crippen molar-refractivity contribution in [2.75, 3.05) is 16.8 Å². The van der Waals surface area contributed by atoms with Gasteiger partial charge in [-0.3, -0.25) is 29.4 Å². The van der Waals surface area contributed by atoms with Crippen LogP contribution in [0.1, 0.15) is 24.0 Å². The number of hydrogen-bond acceptors (Lipinski definition) is 6. The van der Waals surface area contributed by atoms with Gasteiger partial charge in [-0.15, -0.1) is 0 Å². The van der Waals surface area contributed by atoms with Gasteiger partial charge in [-0.05, 0) is 50.6 Å². The average molecular weight is 450 g/mol. The molecule has 168 valence electrons. The molecule has 0 aromatic heterocycles. The van der Waals surface area contributed by atoms with Crippen LogP contribution < -0.4 is 10.2 Å². The summed E-state index contributed by atoms with van der Waals surface area (Å²) < 4.78 is 14.3. The predicted octanol–water partition coefficient (Wildman–Crippen LogP) is 2.47. The molecule has 4 aliphatic rings. The van der Waals surface area contributed by atoms with Gasteiger partial charge in [-0.25, -0.2) is 9.29 Å². The monoisotopic (exact) mass is 450 g/mol. The molecule has 2 aromatic rings. The molecule has 3 amide bonds. The molecule has 2 aromatic carbocycles. The minimum atomic E-state index is -1.48. The minimum absolute atomic E-state index is 0.106. The molecule has 0 radical (unpaired) electrons. The van der Waals surface area contributed by atoms with Gasteiger partial charge in [-0.2, -0.15) is 0 Å². The van der Waals surface area contributed by atoms with Gasteiger partial charge in [0.1, 0.15) is 11.4 Å². The van der Waals surface area contributed by atoms with Gasteiger partial charge >= 0.3 is 0 Å². The summed E-state index contributed by atoms with van der Waals surface area (Å²) in [4.78, 5) is 54.7. The van der Waals surface area contributed by atoms with Crippen LogP contribution in [0.5, 0.6) is 0 Å². The number of hydrogen-bond donors (Lipinski definition) is 1. The number of nitrogens with one attached hydrogen (secondary N) is 1. The zero-order valence-corrected chi connectivity index (χ0v) is 17.6. The Bertz CT molecular complexity index is 1300. The van der Waals surface area contributed by atoms with Crippen molar-refractivity contribution >= 4 is 34.8 Å².